The molecule has 0 bridgehead atoms. The van der Waals surface area contributed by atoms with Crippen LogP contribution in [0.1, 0.15) is 24.8 Å². The van der Waals surface area contributed by atoms with Crippen LogP contribution < -0.4 is 21.3 Å². The standard InChI is InChI=1S/C21H24N4O5/c1-14-4-2-3-5-17(14)25-21(30)24-16-8-6-15(7-9-16)23-19(27)11-10-18(26)22-13-12-20(28)29/h2-9H,10-13H2,1H3,(H,22,26)(H,23,27)(H,28,29)(H2,24,25,30). The minimum atomic E-state index is -1.00. The van der Waals surface area contributed by atoms with E-state index in [4.69, 9.17) is 5.11 Å². The molecule has 30 heavy (non-hydrogen) atoms. The van der Waals surface area contributed by atoms with E-state index in [0.717, 1.165) is 5.56 Å². The molecule has 0 aliphatic carbocycles. The maximum atomic E-state index is 12.1. The van der Waals surface area contributed by atoms with Crippen LogP contribution in [0.4, 0.5) is 21.9 Å². The largest absolute Gasteiger partial charge is 0.481 e. The number of nitrogens with one attached hydrogen (secondary N) is 4. The quantitative estimate of drug-likeness (QED) is 0.431. The molecular weight excluding hydrogens is 388 g/mol. The molecule has 0 spiro atoms. The number of carboxylic acid groups (broad SMARTS) is 1. The van der Waals surface area contributed by atoms with Gasteiger partial charge in [-0.3, -0.25) is 14.4 Å². The zero-order valence-electron chi connectivity index (χ0n) is 16.5. The van der Waals surface area contributed by atoms with Gasteiger partial charge in [-0.1, -0.05) is 18.2 Å². The smallest absolute Gasteiger partial charge is 0.323 e. The Balaban J connectivity index is 1.75. The maximum Gasteiger partial charge on any atom is 0.323 e. The Bertz CT molecular complexity index is 912. The fraction of sp³-hybridized carbons (Fsp3) is 0.238. The number of carbonyl (C=O) groups is 4. The van der Waals surface area contributed by atoms with Gasteiger partial charge in [-0.15, -0.1) is 0 Å². The lowest BCUT2D eigenvalue weighted by atomic mass is 10.2. The van der Waals surface area contributed by atoms with Crippen LogP contribution in [-0.4, -0.2) is 35.5 Å². The molecule has 158 valence electrons. The van der Waals surface area contributed by atoms with E-state index in [0.29, 0.717) is 17.1 Å². The van der Waals surface area contributed by atoms with Gasteiger partial charge in [0.1, 0.15) is 0 Å². The first kappa shape index (κ1) is 22.4. The van der Waals surface area contributed by atoms with Gasteiger partial charge in [0.15, 0.2) is 0 Å². The average Bonchev–Trinajstić information content (AvgIpc) is 2.69. The molecule has 4 amide bonds. The van der Waals surface area contributed by atoms with E-state index < -0.39 is 5.97 Å². The minimum Gasteiger partial charge on any atom is -0.481 e. The van der Waals surface area contributed by atoms with E-state index in [9.17, 15) is 19.2 Å². The lowest BCUT2D eigenvalue weighted by Gasteiger charge is -2.10. The number of urea groups is 1. The van der Waals surface area contributed by atoms with E-state index >= 15 is 0 Å². The second kappa shape index (κ2) is 11.2. The first-order chi connectivity index (χ1) is 14.3. The van der Waals surface area contributed by atoms with E-state index in [1.165, 1.54) is 0 Å². The predicted octanol–water partition coefficient (Wildman–Crippen LogP) is 2.95. The minimum absolute atomic E-state index is 0.0294. The van der Waals surface area contributed by atoms with E-state index in [1.54, 1.807) is 30.3 Å². The van der Waals surface area contributed by atoms with Crippen LogP contribution in [0.15, 0.2) is 48.5 Å². The number of amides is 4. The average molecular weight is 412 g/mol. The Hall–Kier alpha value is -3.88. The SMILES string of the molecule is Cc1ccccc1NC(=O)Nc1ccc(NC(=O)CCC(=O)NCCC(=O)O)cc1. The first-order valence-electron chi connectivity index (χ1n) is 9.35. The van der Waals surface area contributed by atoms with Gasteiger partial charge in [-0.2, -0.15) is 0 Å². The number of anilines is 3. The summed E-state index contributed by atoms with van der Waals surface area (Å²) in [6.45, 7) is 1.93. The van der Waals surface area contributed by atoms with Gasteiger partial charge in [0, 0.05) is 36.4 Å². The highest BCUT2D eigenvalue weighted by atomic mass is 16.4. The van der Waals surface area contributed by atoms with Crippen LogP contribution in [0.5, 0.6) is 0 Å². The van der Waals surface area contributed by atoms with Gasteiger partial charge in [-0.25, -0.2) is 4.79 Å². The summed E-state index contributed by atoms with van der Waals surface area (Å²) in [6, 6.07) is 13.6. The van der Waals surface area contributed by atoms with Crippen molar-refractivity contribution in [2.45, 2.75) is 26.2 Å². The summed E-state index contributed by atoms with van der Waals surface area (Å²) in [5.41, 5.74) is 2.74. The van der Waals surface area contributed by atoms with E-state index in [1.807, 2.05) is 25.1 Å². The Labute approximate surface area is 173 Å². The molecule has 0 fully saturated rings. The molecule has 0 radical (unpaired) electrons. The molecule has 2 aromatic carbocycles. The molecule has 2 aromatic rings. The van der Waals surface area contributed by atoms with Crippen LogP contribution >= 0.6 is 0 Å². The number of aliphatic carboxylic acids is 1. The van der Waals surface area contributed by atoms with Crippen molar-refractivity contribution < 1.29 is 24.3 Å². The van der Waals surface area contributed by atoms with Gasteiger partial charge < -0.3 is 26.4 Å². The molecule has 0 saturated carbocycles. The molecule has 9 nitrogen and oxygen atoms in total. The zero-order valence-corrected chi connectivity index (χ0v) is 16.5. The highest BCUT2D eigenvalue weighted by Crippen LogP contribution is 2.16. The normalized spacial score (nSPS) is 10.0. The highest BCUT2D eigenvalue weighted by Gasteiger charge is 2.09. The number of para-hydroxylation sites is 1. The zero-order chi connectivity index (χ0) is 21.9. The van der Waals surface area contributed by atoms with Crippen molar-refractivity contribution >= 4 is 40.9 Å². The number of rotatable bonds is 9. The van der Waals surface area contributed by atoms with Gasteiger partial charge in [-0.05, 0) is 42.8 Å². The topological polar surface area (TPSA) is 137 Å². The Morgan fingerprint density at radius 2 is 1.37 bits per heavy atom. The summed E-state index contributed by atoms with van der Waals surface area (Å²) in [4.78, 5) is 46.0. The van der Waals surface area contributed by atoms with Gasteiger partial charge >= 0.3 is 12.0 Å². The van der Waals surface area contributed by atoms with Gasteiger partial charge in [0.05, 0.1) is 6.42 Å². The lowest BCUT2D eigenvalue weighted by molar-refractivity contribution is -0.137. The number of carbonyl (C=O) groups excluding carboxylic acids is 3. The molecule has 0 heterocycles. The Morgan fingerprint density at radius 3 is 2.00 bits per heavy atom. The molecule has 9 heteroatoms. The summed E-state index contributed by atoms with van der Waals surface area (Å²) >= 11 is 0. The van der Waals surface area contributed by atoms with E-state index in [2.05, 4.69) is 21.3 Å². The molecule has 0 aromatic heterocycles. The van der Waals surface area contributed by atoms with Crippen LogP contribution in [0.25, 0.3) is 0 Å². The monoisotopic (exact) mass is 412 g/mol. The van der Waals surface area contributed by atoms with Crippen LogP contribution in [0.2, 0.25) is 0 Å². The number of benzene rings is 2. The van der Waals surface area contributed by atoms with Crippen molar-refractivity contribution in [1.82, 2.24) is 5.32 Å². The van der Waals surface area contributed by atoms with Crippen LogP contribution in [0, 0.1) is 6.92 Å². The maximum absolute atomic E-state index is 12.1. The van der Waals surface area contributed by atoms with E-state index in [-0.39, 0.29) is 43.7 Å². The Morgan fingerprint density at radius 1 is 0.767 bits per heavy atom. The first-order valence-corrected chi connectivity index (χ1v) is 9.35. The van der Waals surface area contributed by atoms with Gasteiger partial charge in [0.2, 0.25) is 11.8 Å². The molecule has 0 unspecified atom stereocenters. The second-order valence-corrected chi connectivity index (χ2v) is 6.51. The molecule has 0 saturated heterocycles. The third-order valence-corrected chi connectivity index (χ3v) is 4.06. The molecule has 0 atom stereocenters. The third kappa shape index (κ3) is 8.01. The van der Waals surface area contributed by atoms with Crippen molar-refractivity contribution in [3.63, 3.8) is 0 Å². The highest BCUT2D eigenvalue weighted by molar-refractivity contribution is 6.00. The fourth-order valence-electron chi connectivity index (χ4n) is 2.48. The van der Waals surface area contributed by atoms with Crippen molar-refractivity contribution in [3.05, 3.63) is 54.1 Å². The lowest BCUT2D eigenvalue weighted by Crippen LogP contribution is -2.27. The third-order valence-electron chi connectivity index (χ3n) is 4.06. The molecular formula is C21H24N4O5. The van der Waals surface area contributed by atoms with Crippen LogP contribution in [0.3, 0.4) is 0 Å². The molecule has 2 rings (SSSR count). The summed E-state index contributed by atoms with van der Waals surface area (Å²) in [5, 5.41) is 19.1. The van der Waals surface area contributed by atoms with Gasteiger partial charge in [0.25, 0.3) is 0 Å². The van der Waals surface area contributed by atoms with Crippen molar-refractivity contribution in [1.29, 1.82) is 0 Å². The summed E-state index contributed by atoms with van der Waals surface area (Å²) < 4.78 is 0. The summed E-state index contributed by atoms with van der Waals surface area (Å²) in [6.07, 6.45) is -0.233. The summed E-state index contributed by atoms with van der Waals surface area (Å²) in [5.74, 6) is -1.73. The fourth-order valence-corrected chi connectivity index (χ4v) is 2.48. The number of carboxylic acids is 1. The number of hydrogen-bond acceptors (Lipinski definition) is 4. The number of hydrogen-bond donors (Lipinski definition) is 5. The molecule has 5 N–H and O–H groups in total. The van der Waals surface area contributed by atoms with Crippen molar-refractivity contribution in [2.75, 3.05) is 22.5 Å². The van der Waals surface area contributed by atoms with Crippen molar-refractivity contribution in [3.8, 4) is 0 Å². The van der Waals surface area contributed by atoms with Crippen LogP contribution in [-0.2, 0) is 14.4 Å². The summed E-state index contributed by atoms with van der Waals surface area (Å²) in [7, 11) is 0. The second-order valence-electron chi connectivity index (χ2n) is 6.51. The predicted molar refractivity (Wildman–Crippen MR) is 113 cm³/mol. The van der Waals surface area contributed by atoms with Crippen molar-refractivity contribution in [2.24, 2.45) is 0 Å². The molecule has 0 aliphatic heterocycles. The Kier molecular flexibility index (Phi) is 8.37. The molecule has 0 aliphatic rings. The number of aryl methyl sites for hydroxylation is 1.